The van der Waals surface area contributed by atoms with Gasteiger partial charge in [0.05, 0.1) is 6.04 Å². The molecular weight excluding hydrogens is 263 g/mol. The van der Waals surface area contributed by atoms with Gasteiger partial charge in [0.1, 0.15) is 0 Å². The Labute approximate surface area is 106 Å². The van der Waals surface area contributed by atoms with E-state index in [1.54, 1.807) is 30.3 Å². The van der Waals surface area contributed by atoms with Crippen molar-refractivity contribution < 1.29 is 23.1 Å². The molecule has 4 N–H and O–H groups in total. The predicted octanol–water partition coefficient (Wildman–Crippen LogP) is 1.27. The third kappa shape index (κ3) is 2.24. The summed E-state index contributed by atoms with van der Waals surface area (Å²) in [5, 5.41) is 9.76. The van der Waals surface area contributed by atoms with E-state index in [2.05, 4.69) is 5.43 Å². The standard InChI is InChI=1S/C11H12F3N3O2/c12-11(13,14)10(19)6-8(16-17(10)9(15)18)7-4-2-1-3-5-7/h1-5,8,16,19H,6H2,(H2,15,18)/t8-,10+/m0/s1. The first-order valence-corrected chi connectivity index (χ1v) is 5.45. The van der Waals surface area contributed by atoms with Gasteiger partial charge in [0, 0.05) is 6.42 Å². The lowest BCUT2D eigenvalue weighted by atomic mass is 9.99. The number of halogens is 3. The van der Waals surface area contributed by atoms with E-state index in [0.717, 1.165) is 0 Å². The van der Waals surface area contributed by atoms with Gasteiger partial charge in [0.15, 0.2) is 0 Å². The molecule has 1 aromatic rings. The molecule has 8 heteroatoms. The Balaban J connectivity index is 2.34. The first-order valence-electron chi connectivity index (χ1n) is 5.45. The molecule has 0 aliphatic carbocycles. The zero-order valence-corrected chi connectivity index (χ0v) is 9.69. The topological polar surface area (TPSA) is 78.6 Å². The van der Waals surface area contributed by atoms with Gasteiger partial charge in [-0.15, -0.1) is 0 Å². The van der Waals surface area contributed by atoms with E-state index >= 15 is 0 Å². The van der Waals surface area contributed by atoms with Gasteiger partial charge in [-0.3, -0.25) is 0 Å². The maximum atomic E-state index is 12.9. The molecule has 1 aliphatic rings. The van der Waals surface area contributed by atoms with Crippen LogP contribution in [0.2, 0.25) is 0 Å². The molecule has 0 bridgehead atoms. The summed E-state index contributed by atoms with van der Waals surface area (Å²) in [6.45, 7) is 0. The highest BCUT2D eigenvalue weighted by molar-refractivity contribution is 5.72. The molecular formula is C11H12F3N3O2. The van der Waals surface area contributed by atoms with Crippen molar-refractivity contribution in [3.8, 4) is 0 Å². The summed E-state index contributed by atoms with van der Waals surface area (Å²) in [4.78, 5) is 11.1. The van der Waals surface area contributed by atoms with E-state index in [1.807, 2.05) is 0 Å². The van der Waals surface area contributed by atoms with E-state index in [0.29, 0.717) is 5.56 Å². The van der Waals surface area contributed by atoms with Gasteiger partial charge >= 0.3 is 12.2 Å². The molecule has 19 heavy (non-hydrogen) atoms. The Morgan fingerprint density at radius 2 is 2.00 bits per heavy atom. The number of rotatable bonds is 1. The minimum Gasteiger partial charge on any atom is -0.362 e. The molecule has 2 atom stereocenters. The second-order valence-corrected chi connectivity index (χ2v) is 4.28. The zero-order valence-electron chi connectivity index (χ0n) is 9.69. The smallest absolute Gasteiger partial charge is 0.362 e. The van der Waals surface area contributed by atoms with Gasteiger partial charge in [0.2, 0.25) is 0 Å². The fraction of sp³-hybridized carbons (Fsp3) is 0.364. The number of urea groups is 1. The summed E-state index contributed by atoms with van der Waals surface area (Å²) in [6.07, 6.45) is -5.72. The molecule has 0 radical (unpaired) electrons. The first-order chi connectivity index (χ1) is 8.75. The number of hydrogen-bond acceptors (Lipinski definition) is 3. The van der Waals surface area contributed by atoms with Crippen molar-refractivity contribution in [2.75, 3.05) is 0 Å². The molecule has 104 valence electrons. The zero-order chi connectivity index (χ0) is 14.3. The Morgan fingerprint density at radius 1 is 1.42 bits per heavy atom. The molecule has 1 aliphatic heterocycles. The van der Waals surface area contributed by atoms with Crippen LogP contribution in [0.5, 0.6) is 0 Å². The van der Waals surface area contributed by atoms with Crippen LogP contribution in [-0.4, -0.2) is 28.0 Å². The van der Waals surface area contributed by atoms with Crippen molar-refractivity contribution in [1.29, 1.82) is 0 Å². The van der Waals surface area contributed by atoms with Crippen LogP contribution >= 0.6 is 0 Å². The minimum absolute atomic E-state index is 0.0324. The van der Waals surface area contributed by atoms with Crippen LogP contribution in [0, 0.1) is 0 Å². The van der Waals surface area contributed by atoms with E-state index in [9.17, 15) is 23.1 Å². The maximum absolute atomic E-state index is 12.9. The fourth-order valence-electron chi connectivity index (χ4n) is 2.05. The molecule has 1 fully saturated rings. The SMILES string of the molecule is NC(=O)N1N[C@H](c2ccccc2)C[C@@]1(O)C(F)(F)F. The van der Waals surface area contributed by atoms with Crippen LogP contribution in [-0.2, 0) is 0 Å². The van der Waals surface area contributed by atoms with Crippen LogP contribution in [0.15, 0.2) is 30.3 Å². The number of primary amides is 1. The summed E-state index contributed by atoms with van der Waals surface area (Å²) >= 11 is 0. The van der Waals surface area contributed by atoms with E-state index < -0.39 is 30.4 Å². The molecule has 1 saturated heterocycles. The third-order valence-corrected chi connectivity index (χ3v) is 3.02. The number of nitrogens with two attached hydrogens (primary N) is 1. The highest BCUT2D eigenvalue weighted by Gasteiger charge is 2.64. The Bertz CT molecular complexity index is 480. The monoisotopic (exact) mass is 275 g/mol. The largest absolute Gasteiger partial charge is 0.438 e. The van der Waals surface area contributed by atoms with Crippen LogP contribution in [0.25, 0.3) is 0 Å². The number of hydrogen-bond donors (Lipinski definition) is 3. The fourth-order valence-corrected chi connectivity index (χ4v) is 2.05. The van der Waals surface area contributed by atoms with Gasteiger partial charge in [-0.1, -0.05) is 30.3 Å². The second-order valence-electron chi connectivity index (χ2n) is 4.28. The Morgan fingerprint density at radius 3 is 2.42 bits per heavy atom. The van der Waals surface area contributed by atoms with Crippen molar-refractivity contribution >= 4 is 6.03 Å². The minimum atomic E-state index is -5.00. The van der Waals surface area contributed by atoms with Crippen LogP contribution < -0.4 is 11.2 Å². The summed E-state index contributed by atoms with van der Waals surface area (Å²) in [6, 6.07) is 5.96. The van der Waals surface area contributed by atoms with E-state index in [1.165, 1.54) is 0 Å². The number of nitrogens with zero attached hydrogens (tertiary/aromatic N) is 1. The van der Waals surface area contributed by atoms with E-state index in [4.69, 9.17) is 5.73 Å². The van der Waals surface area contributed by atoms with Crippen molar-refractivity contribution in [3.63, 3.8) is 0 Å². The molecule has 0 saturated carbocycles. The number of carbonyl (C=O) groups is 1. The molecule has 0 aromatic heterocycles. The second kappa shape index (κ2) is 4.39. The average molecular weight is 275 g/mol. The number of benzene rings is 1. The maximum Gasteiger partial charge on any atom is 0.438 e. The van der Waals surface area contributed by atoms with Crippen LogP contribution in [0.4, 0.5) is 18.0 Å². The number of amides is 2. The van der Waals surface area contributed by atoms with Crippen molar-refractivity contribution in [3.05, 3.63) is 35.9 Å². The highest BCUT2D eigenvalue weighted by Crippen LogP contribution is 2.43. The van der Waals surface area contributed by atoms with Crippen LogP contribution in [0.3, 0.4) is 0 Å². The molecule has 1 heterocycles. The van der Waals surface area contributed by atoms with Crippen molar-refractivity contribution in [1.82, 2.24) is 10.4 Å². The summed E-state index contributed by atoms with van der Waals surface area (Å²) in [5.74, 6) is 0. The van der Waals surface area contributed by atoms with Gasteiger partial charge < -0.3 is 10.8 Å². The number of alkyl halides is 3. The third-order valence-electron chi connectivity index (χ3n) is 3.02. The lowest BCUT2D eigenvalue weighted by Crippen LogP contribution is -2.61. The molecule has 1 aromatic carbocycles. The molecule has 0 unspecified atom stereocenters. The van der Waals surface area contributed by atoms with Gasteiger partial charge in [-0.05, 0) is 5.56 Å². The number of carbonyl (C=O) groups excluding carboxylic acids is 1. The summed E-state index contributed by atoms with van der Waals surface area (Å²) in [7, 11) is 0. The number of nitrogens with one attached hydrogen (secondary N) is 1. The summed E-state index contributed by atoms with van der Waals surface area (Å²) in [5.41, 5.74) is 4.38. The first kappa shape index (κ1) is 13.6. The molecule has 2 amide bonds. The Kier molecular flexibility index (Phi) is 3.15. The van der Waals surface area contributed by atoms with Crippen molar-refractivity contribution in [2.24, 2.45) is 5.73 Å². The quantitative estimate of drug-likeness (QED) is 0.722. The Hall–Kier alpha value is -1.80. The number of aliphatic hydroxyl groups is 1. The lowest BCUT2D eigenvalue weighted by molar-refractivity contribution is -0.299. The average Bonchev–Trinajstić information content (AvgIpc) is 2.69. The lowest BCUT2D eigenvalue weighted by Gasteiger charge is -2.32. The molecule has 5 nitrogen and oxygen atoms in total. The number of hydrazine groups is 1. The van der Waals surface area contributed by atoms with Crippen molar-refractivity contribution in [2.45, 2.75) is 24.4 Å². The molecule has 0 spiro atoms. The van der Waals surface area contributed by atoms with Gasteiger partial charge in [-0.2, -0.15) is 13.2 Å². The van der Waals surface area contributed by atoms with Gasteiger partial charge in [0.25, 0.3) is 5.72 Å². The highest BCUT2D eigenvalue weighted by atomic mass is 19.4. The van der Waals surface area contributed by atoms with Gasteiger partial charge in [-0.25, -0.2) is 15.2 Å². The normalized spacial score (nSPS) is 27.6. The molecule has 2 rings (SSSR count). The van der Waals surface area contributed by atoms with E-state index in [-0.39, 0.29) is 5.01 Å². The predicted molar refractivity (Wildman–Crippen MR) is 59.4 cm³/mol. The van der Waals surface area contributed by atoms with Crippen LogP contribution in [0.1, 0.15) is 18.0 Å². The summed E-state index contributed by atoms with van der Waals surface area (Å²) < 4.78 is 38.7.